The molecule has 2 rings (SSSR count). The standard InChI is InChI=1S/C16H27N3/c1-14(2)12-17-13-15-8-7-9-18-16(15)19-10-5-3-4-6-11-19/h7-9,14,17H,3-6,10-13H2,1-2H3. The number of pyridine rings is 1. The number of nitrogens with one attached hydrogen (secondary N) is 1. The van der Waals surface area contributed by atoms with Gasteiger partial charge < -0.3 is 10.2 Å². The molecule has 1 saturated heterocycles. The van der Waals surface area contributed by atoms with Gasteiger partial charge in [0.1, 0.15) is 5.82 Å². The van der Waals surface area contributed by atoms with Crippen molar-refractivity contribution in [2.75, 3.05) is 24.5 Å². The third-order valence-electron chi connectivity index (χ3n) is 3.64. The Morgan fingerprint density at radius 1 is 1.21 bits per heavy atom. The van der Waals surface area contributed by atoms with Gasteiger partial charge >= 0.3 is 0 Å². The van der Waals surface area contributed by atoms with Crippen molar-refractivity contribution in [3.63, 3.8) is 0 Å². The molecule has 0 spiro atoms. The summed E-state index contributed by atoms with van der Waals surface area (Å²) in [6.45, 7) is 8.80. The molecule has 0 unspecified atom stereocenters. The Bertz CT molecular complexity index is 368. The van der Waals surface area contributed by atoms with Crippen LogP contribution in [0.5, 0.6) is 0 Å². The second-order valence-electron chi connectivity index (χ2n) is 5.91. The van der Waals surface area contributed by atoms with Crippen molar-refractivity contribution in [2.45, 2.75) is 46.1 Å². The Hall–Kier alpha value is -1.09. The first-order valence-corrected chi connectivity index (χ1v) is 7.67. The van der Waals surface area contributed by atoms with Crippen molar-refractivity contribution >= 4 is 5.82 Å². The molecule has 0 aromatic carbocycles. The molecule has 0 atom stereocenters. The van der Waals surface area contributed by atoms with E-state index in [2.05, 4.69) is 35.1 Å². The summed E-state index contributed by atoms with van der Waals surface area (Å²) in [5.41, 5.74) is 1.34. The van der Waals surface area contributed by atoms with Gasteiger partial charge in [-0.25, -0.2) is 4.98 Å². The van der Waals surface area contributed by atoms with Crippen molar-refractivity contribution < 1.29 is 0 Å². The van der Waals surface area contributed by atoms with E-state index in [1.165, 1.54) is 37.1 Å². The van der Waals surface area contributed by atoms with Crippen molar-refractivity contribution in [3.05, 3.63) is 23.9 Å². The summed E-state index contributed by atoms with van der Waals surface area (Å²) in [6.07, 6.45) is 7.26. The van der Waals surface area contributed by atoms with E-state index < -0.39 is 0 Å². The van der Waals surface area contributed by atoms with Crippen molar-refractivity contribution in [1.29, 1.82) is 0 Å². The average Bonchev–Trinajstić information content (AvgIpc) is 2.68. The Balaban J connectivity index is 2.02. The van der Waals surface area contributed by atoms with Crippen LogP contribution in [0.4, 0.5) is 5.82 Å². The molecule has 1 aromatic rings. The summed E-state index contributed by atoms with van der Waals surface area (Å²) >= 11 is 0. The van der Waals surface area contributed by atoms with Crippen LogP contribution in [-0.2, 0) is 6.54 Å². The van der Waals surface area contributed by atoms with Crippen LogP contribution in [-0.4, -0.2) is 24.6 Å². The Morgan fingerprint density at radius 3 is 2.63 bits per heavy atom. The molecule has 0 saturated carbocycles. The SMILES string of the molecule is CC(C)CNCc1cccnc1N1CCCCCC1. The summed E-state index contributed by atoms with van der Waals surface area (Å²) in [7, 11) is 0. The topological polar surface area (TPSA) is 28.2 Å². The van der Waals surface area contributed by atoms with Crippen molar-refractivity contribution in [1.82, 2.24) is 10.3 Å². The van der Waals surface area contributed by atoms with Crippen LogP contribution in [0.3, 0.4) is 0 Å². The van der Waals surface area contributed by atoms with Gasteiger partial charge in [-0.2, -0.15) is 0 Å². The molecule has 3 nitrogen and oxygen atoms in total. The van der Waals surface area contributed by atoms with Crippen molar-refractivity contribution in [2.24, 2.45) is 5.92 Å². The number of rotatable bonds is 5. The molecule has 0 aliphatic carbocycles. The monoisotopic (exact) mass is 261 g/mol. The first kappa shape index (κ1) is 14.3. The molecule has 0 radical (unpaired) electrons. The lowest BCUT2D eigenvalue weighted by atomic mass is 10.2. The lowest BCUT2D eigenvalue weighted by Gasteiger charge is -2.24. The Morgan fingerprint density at radius 2 is 1.95 bits per heavy atom. The predicted octanol–water partition coefficient (Wildman–Crippen LogP) is 3.21. The molecule has 1 N–H and O–H groups in total. The molecule has 106 valence electrons. The highest BCUT2D eigenvalue weighted by Gasteiger charge is 2.14. The number of hydrogen-bond acceptors (Lipinski definition) is 3. The van der Waals surface area contributed by atoms with Gasteiger partial charge in [-0.1, -0.05) is 32.8 Å². The minimum absolute atomic E-state index is 0.693. The predicted molar refractivity (Wildman–Crippen MR) is 81.5 cm³/mol. The molecule has 1 fully saturated rings. The van der Waals surface area contributed by atoms with Gasteiger partial charge in [-0.3, -0.25) is 0 Å². The van der Waals surface area contributed by atoms with Gasteiger partial charge in [0, 0.05) is 31.4 Å². The molecular weight excluding hydrogens is 234 g/mol. The lowest BCUT2D eigenvalue weighted by Crippen LogP contribution is -2.28. The summed E-state index contributed by atoms with van der Waals surface area (Å²) < 4.78 is 0. The van der Waals surface area contributed by atoms with E-state index in [1.54, 1.807) is 0 Å². The average molecular weight is 261 g/mol. The zero-order valence-corrected chi connectivity index (χ0v) is 12.4. The quantitative estimate of drug-likeness (QED) is 0.882. The molecule has 2 heterocycles. The highest BCUT2D eigenvalue weighted by Crippen LogP contribution is 2.21. The minimum atomic E-state index is 0.693. The van der Waals surface area contributed by atoms with Gasteiger partial charge in [0.25, 0.3) is 0 Å². The maximum absolute atomic E-state index is 4.63. The molecule has 0 amide bonds. The highest BCUT2D eigenvalue weighted by molar-refractivity contribution is 5.46. The number of hydrogen-bond donors (Lipinski definition) is 1. The van der Waals surface area contributed by atoms with Crippen LogP contribution in [0.25, 0.3) is 0 Å². The summed E-state index contributed by atoms with van der Waals surface area (Å²) in [6, 6.07) is 4.26. The van der Waals surface area contributed by atoms with Gasteiger partial charge in [0.2, 0.25) is 0 Å². The van der Waals surface area contributed by atoms with Gasteiger partial charge in [-0.15, -0.1) is 0 Å². The third-order valence-corrected chi connectivity index (χ3v) is 3.64. The van der Waals surface area contributed by atoms with Crippen molar-refractivity contribution in [3.8, 4) is 0 Å². The van der Waals surface area contributed by atoms with E-state index in [9.17, 15) is 0 Å². The maximum atomic E-state index is 4.63. The van der Waals surface area contributed by atoms with Gasteiger partial charge in [-0.05, 0) is 31.4 Å². The van der Waals surface area contributed by atoms with E-state index in [-0.39, 0.29) is 0 Å². The van der Waals surface area contributed by atoms with Crippen LogP contribution in [0.2, 0.25) is 0 Å². The van der Waals surface area contributed by atoms with Crippen LogP contribution >= 0.6 is 0 Å². The number of aromatic nitrogens is 1. The normalized spacial score (nSPS) is 16.7. The summed E-state index contributed by atoms with van der Waals surface area (Å²) in [5.74, 6) is 1.89. The van der Waals surface area contributed by atoms with Crippen LogP contribution < -0.4 is 10.2 Å². The van der Waals surface area contributed by atoms with E-state index in [0.717, 1.165) is 26.2 Å². The van der Waals surface area contributed by atoms with E-state index >= 15 is 0 Å². The maximum Gasteiger partial charge on any atom is 0.133 e. The highest BCUT2D eigenvalue weighted by atomic mass is 15.2. The lowest BCUT2D eigenvalue weighted by molar-refractivity contribution is 0.551. The summed E-state index contributed by atoms with van der Waals surface area (Å²) in [4.78, 5) is 7.10. The first-order valence-electron chi connectivity index (χ1n) is 7.67. The number of nitrogens with zero attached hydrogens (tertiary/aromatic N) is 2. The van der Waals surface area contributed by atoms with E-state index in [1.807, 2.05) is 12.3 Å². The van der Waals surface area contributed by atoms with E-state index in [4.69, 9.17) is 0 Å². The zero-order chi connectivity index (χ0) is 13.5. The fourth-order valence-corrected chi connectivity index (χ4v) is 2.63. The number of anilines is 1. The molecule has 3 heteroatoms. The van der Waals surface area contributed by atoms with E-state index in [0.29, 0.717) is 5.92 Å². The van der Waals surface area contributed by atoms with Crippen LogP contribution in [0, 0.1) is 5.92 Å². The Labute approximate surface area is 117 Å². The molecule has 1 aromatic heterocycles. The summed E-state index contributed by atoms with van der Waals surface area (Å²) in [5, 5.41) is 3.53. The molecule has 0 bridgehead atoms. The van der Waals surface area contributed by atoms with Crippen LogP contribution in [0.15, 0.2) is 18.3 Å². The largest absolute Gasteiger partial charge is 0.356 e. The molecule has 1 aliphatic rings. The molecular formula is C16H27N3. The minimum Gasteiger partial charge on any atom is -0.356 e. The first-order chi connectivity index (χ1) is 9.27. The second-order valence-corrected chi connectivity index (χ2v) is 5.91. The zero-order valence-electron chi connectivity index (χ0n) is 12.4. The molecule has 19 heavy (non-hydrogen) atoms. The Kier molecular flexibility index (Phi) is 5.64. The van der Waals surface area contributed by atoms with Gasteiger partial charge in [0.05, 0.1) is 0 Å². The fourth-order valence-electron chi connectivity index (χ4n) is 2.63. The molecule has 1 aliphatic heterocycles. The van der Waals surface area contributed by atoms with Gasteiger partial charge in [0.15, 0.2) is 0 Å². The second kappa shape index (κ2) is 7.49. The van der Waals surface area contributed by atoms with Crippen LogP contribution in [0.1, 0.15) is 45.1 Å². The third kappa shape index (κ3) is 4.50. The fraction of sp³-hybridized carbons (Fsp3) is 0.688. The smallest absolute Gasteiger partial charge is 0.133 e.